The highest BCUT2D eigenvalue weighted by atomic mass is 35.5. The molecule has 1 saturated heterocycles. The second-order valence-electron chi connectivity index (χ2n) is 4.99. The molecule has 5 nitrogen and oxygen atoms in total. The van der Waals surface area contributed by atoms with E-state index in [-0.39, 0.29) is 29.8 Å². The van der Waals surface area contributed by atoms with Crippen LogP contribution in [0.15, 0.2) is 18.2 Å². The van der Waals surface area contributed by atoms with Gasteiger partial charge in [0.1, 0.15) is 5.82 Å². The summed E-state index contributed by atoms with van der Waals surface area (Å²) in [6.45, 7) is -0.136. The summed E-state index contributed by atoms with van der Waals surface area (Å²) in [5.41, 5.74) is 0.0139. The number of benzene rings is 1. The number of sulfonamides is 1. The van der Waals surface area contributed by atoms with Gasteiger partial charge < -0.3 is 9.84 Å². The van der Waals surface area contributed by atoms with Crippen LogP contribution in [0.2, 0.25) is 5.02 Å². The fourth-order valence-corrected chi connectivity index (χ4v) is 4.43. The van der Waals surface area contributed by atoms with Crippen LogP contribution in [-0.2, 0) is 20.5 Å². The van der Waals surface area contributed by atoms with Crippen LogP contribution in [0.4, 0.5) is 4.39 Å². The maximum atomic E-state index is 13.7. The molecule has 21 heavy (non-hydrogen) atoms. The molecule has 1 heterocycles. The number of rotatable bonds is 5. The molecule has 0 spiro atoms. The van der Waals surface area contributed by atoms with Crippen molar-refractivity contribution in [3.63, 3.8) is 0 Å². The van der Waals surface area contributed by atoms with E-state index in [0.717, 1.165) is 6.07 Å². The molecule has 1 fully saturated rings. The predicted molar refractivity (Wildman–Crippen MR) is 77.0 cm³/mol. The van der Waals surface area contributed by atoms with E-state index < -0.39 is 27.6 Å². The minimum Gasteiger partial charge on any atom is -0.395 e. The van der Waals surface area contributed by atoms with Gasteiger partial charge in [-0.1, -0.05) is 11.6 Å². The van der Waals surface area contributed by atoms with Gasteiger partial charge in [0.15, 0.2) is 0 Å². The second kappa shape index (κ2) is 6.58. The molecule has 2 atom stereocenters. The van der Waals surface area contributed by atoms with Crippen LogP contribution in [0.3, 0.4) is 0 Å². The first-order chi connectivity index (χ1) is 9.87. The SMILES string of the molecule is CO[C@H]1C[C@@H](CO)N(S(=O)(=O)Cc2cc(Cl)ccc2F)C1. The van der Waals surface area contributed by atoms with Crippen molar-refractivity contribution in [1.29, 1.82) is 0 Å². The summed E-state index contributed by atoms with van der Waals surface area (Å²) in [4.78, 5) is 0. The summed E-state index contributed by atoms with van der Waals surface area (Å²) in [7, 11) is -2.27. The van der Waals surface area contributed by atoms with E-state index in [2.05, 4.69) is 0 Å². The fourth-order valence-electron chi connectivity index (χ4n) is 2.46. The summed E-state index contributed by atoms with van der Waals surface area (Å²) >= 11 is 5.77. The highest BCUT2D eigenvalue weighted by Crippen LogP contribution is 2.26. The first-order valence-corrected chi connectivity index (χ1v) is 8.43. The number of aliphatic hydroxyl groups is 1. The maximum Gasteiger partial charge on any atom is 0.218 e. The van der Waals surface area contributed by atoms with E-state index in [4.69, 9.17) is 16.3 Å². The molecule has 1 aromatic carbocycles. The number of aliphatic hydroxyl groups excluding tert-OH is 1. The Bertz CT molecular complexity index is 610. The molecule has 0 unspecified atom stereocenters. The average Bonchev–Trinajstić information content (AvgIpc) is 2.87. The van der Waals surface area contributed by atoms with Gasteiger partial charge in [-0.3, -0.25) is 0 Å². The Morgan fingerprint density at radius 3 is 2.86 bits per heavy atom. The zero-order valence-electron chi connectivity index (χ0n) is 11.5. The molecule has 1 aliphatic rings. The summed E-state index contributed by atoms with van der Waals surface area (Å²) in [6, 6.07) is 3.26. The third-order valence-electron chi connectivity index (χ3n) is 3.57. The first-order valence-electron chi connectivity index (χ1n) is 6.44. The van der Waals surface area contributed by atoms with Gasteiger partial charge >= 0.3 is 0 Å². The minimum atomic E-state index is -3.76. The number of halogens is 2. The third-order valence-corrected chi connectivity index (χ3v) is 5.65. The molecule has 1 aromatic rings. The van der Waals surface area contributed by atoms with Crippen LogP contribution in [-0.4, -0.2) is 50.2 Å². The Morgan fingerprint density at radius 1 is 1.52 bits per heavy atom. The smallest absolute Gasteiger partial charge is 0.218 e. The zero-order valence-corrected chi connectivity index (χ0v) is 13.1. The van der Waals surface area contributed by atoms with Crippen LogP contribution in [0.1, 0.15) is 12.0 Å². The summed E-state index contributed by atoms with van der Waals surface area (Å²) in [6.07, 6.45) is 0.158. The highest BCUT2D eigenvalue weighted by molar-refractivity contribution is 7.88. The van der Waals surface area contributed by atoms with Gasteiger partial charge in [0.2, 0.25) is 10.0 Å². The van der Waals surface area contributed by atoms with Crippen molar-refractivity contribution in [3.05, 3.63) is 34.6 Å². The topological polar surface area (TPSA) is 66.8 Å². The highest BCUT2D eigenvalue weighted by Gasteiger charge is 2.39. The Labute approximate surface area is 128 Å². The lowest BCUT2D eigenvalue weighted by Gasteiger charge is -2.22. The summed E-state index contributed by atoms with van der Waals surface area (Å²) < 4.78 is 44.9. The minimum absolute atomic E-state index is 0.0139. The number of nitrogens with zero attached hydrogens (tertiary/aromatic N) is 1. The van der Waals surface area contributed by atoms with Crippen LogP contribution in [0.5, 0.6) is 0 Å². The zero-order chi connectivity index (χ0) is 15.6. The lowest BCUT2D eigenvalue weighted by Crippen LogP contribution is -2.38. The lowest BCUT2D eigenvalue weighted by atomic mass is 10.2. The van der Waals surface area contributed by atoms with Crippen LogP contribution in [0.25, 0.3) is 0 Å². The molecular weight excluding hydrogens is 321 g/mol. The monoisotopic (exact) mass is 337 g/mol. The van der Waals surface area contributed by atoms with E-state index in [9.17, 15) is 17.9 Å². The molecule has 8 heteroatoms. The van der Waals surface area contributed by atoms with Gasteiger partial charge in [-0.05, 0) is 24.6 Å². The maximum absolute atomic E-state index is 13.7. The molecular formula is C13H17ClFNO4S. The Morgan fingerprint density at radius 2 is 2.24 bits per heavy atom. The summed E-state index contributed by atoms with van der Waals surface area (Å²) in [5, 5.41) is 9.60. The Balaban J connectivity index is 2.23. The van der Waals surface area contributed by atoms with Crippen LogP contribution >= 0.6 is 11.6 Å². The van der Waals surface area contributed by atoms with E-state index in [1.165, 1.54) is 23.5 Å². The van der Waals surface area contributed by atoms with Crippen molar-refractivity contribution < 1.29 is 22.7 Å². The quantitative estimate of drug-likeness (QED) is 0.881. The van der Waals surface area contributed by atoms with Crippen LogP contribution < -0.4 is 0 Å². The van der Waals surface area contributed by atoms with Gasteiger partial charge in [-0.25, -0.2) is 12.8 Å². The molecule has 118 valence electrons. The van der Waals surface area contributed by atoms with Crippen molar-refractivity contribution in [1.82, 2.24) is 4.31 Å². The van der Waals surface area contributed by atoms with Gasteiger partial charge in [0.25, 0.3) is 0 Å². The number of hydrogen-bond acceptors (Lipinski definition) is 4. The van der Waals surface area contributed by atoms with Crippen LogP contribution in [0, 0.1) is 5.82 Å². The van der Waals surface area contributed by atoms with Crippen molar-refractivity contribution in [3.8, 4) is 0 Å². The van der Waals surface area contributed by atoms with E-state index >= 15 is 0 Å². The van der Waals surface area contributed by atoms with Crippen molar-refractivity contribution >= 4 is 21.6 Å². The Hall–Kier alpha value is -0.730. The van der Waals surface area contributed by atoms with Crippen molar-refractivity contribution in [2.45, 2.75) is 24.3 Å². The standard InChI is InChI=1S/C13H17ClFNO4S/c1-20-12-5-11(7-17)16(6-12)21(18,19)8-9-4-10(14)2-3-13(9)15/h2-4,11-12,17H,5-8H2,1H3/t11-,12-/m0/s1. The largest absolute Gasteiger partial charge is 0.395 e. The first kappa shape index (κ1) is 16.6. The normalized spacial score (nSPS) is 23.6. The van der Waals surface area contributed by atoms with Gasteiger partial charge in [0, 0.05) is 24.2 Å². The number of methoxy groups -OCH3 is 1. The molecule has 2 rings (SSSR count). The van der Waals surface area contributed by atoms with E-state index in [1.54, 1.807) is 0 Å². The average molecular weight is 338 g/mol. The van der Waals surface area contributed by atoms with Gasteiger partial charge in [-0.15, -0.1) is 0 Å². The number of ether oxygens (including phenoxy) is 1. The molecule has 0 aliphatic carbocycles. The van der Waals surface area contributed by atoms with Crippen molar-refractivity contribution in [2.75, 3.05) is 20.3 Å². The van der Waals surface area contributed by atoms with Crippen molar-refractivity contribution in [2.24, 2.45) is 0 Å². The predicted octanol–water partition coefficient (Wildman–Crippen LogP) is 1.39. The Kier molecular flexibility index (Phi) is 5.21. The molecule has 0 saturated carbocycles. The van der Waals surface area contributed by atoms with Gasteiger partial charge in [-0.2, -0.15) is 4.31 Å². The molecule has 0 amide bonds. The number of hydrogen-bond donors (Lipinski definition) is 1. The fraction of sp³-hybridized carbons (Fsp3) is 0.538. The van der Waals surface area contributed by atoms with Gasteiger partial charge in [0.05, 0.1) is 24.5 Å². The van der Waals surface area contributed by atoms with E-state index in [1.807, 2.05) is 0 Å². The molecule has 1 aliphatic heterocycles. The lowest BCUT2D eigenvalue weighted by molar-refractivity contribution is 0.113. The second-order valence-corrected chi connectivity index (χ2v) is 7.35. The van der Waals surface area contributed by atoms with E-state index in [0.29, 0.717) is 6.42 Å². The third kappa shape index (κ3) is 3.73. The molecule has 0 radical (unpaired) electrons. The summed E-state index contributed by atoms with van der Waals surface area (Å²) in [5.74, 6) is -1.11. The molecule has 1 N–H and O–H groups in total. The molecule has 0 bridgehead atoms. The molecule has 0 aromatic heterocycles.